The Bertz CT molecular complexity index is 994. The smallest absolute Gasteiger partial charge is 0.374 e. The molecular weight excluding hydrogens is 420 g/mol. The summed E-state index contributed by atoms with van der Waals surface area (Å²) in [4.78, 5) is 26.5. The molecule has 8 nitrogen and oxygen atoms in total. The van der Waals surface area contributed by atoms with Gasteiger partial charge < -0.3 is 14.1 Å². The van der Waals surface area contributed by atoms with Crippen LogP contribution in [0.3, 0.4) is 0 Å². The Morgan fingerprint density at radius 1 is 1.10 bits per heavy atom. The molecule has 0 radical (unpaired) electrons. The fourth-order valence-corrected chi connectivity index (χ4v) is 5.03. The lowest BCUT2D eigenvalue weighted by Crippen LogP contribution is -2.44. The van der Waals surface area contributed by atoms with Crippen molar-refractivity contribution in [3.8, 4) is 0 Å². The Labute approximate surface area is 182 Å². The molecule has 1 aliphatic rings. The van der Waals surface area contributed by atoms with E-state index >= 15 is 0 Å². The summed E-state index contributed by atoms with van der Waals surface area (Å²) in [6.07, 6.45) is 0.879. The van der Waals surface area contributed by atoms with Crippen LogP contribution in [0.1, 0.15) is 42.8 Å². The number of amides is 1. The maximum atomic E-state index is 13.0. The number of hydrogen-bond donors (Lipinski definition) is 0. The molecule has 1 saturated heterocycles. The van der Waals surface area contributed by atoms with Gasteiger partial charge in [-0.05, 0) is 44.4 Å². The Kier molecular flexibility index (Phi) is 7.50. The maximum Gasteiger partial charge on any atom is 0.374 e. The molecule has 1 amide bonds. The van der Waals surface area contributed by atoms with E-state index in [-0.39, 0.29) is 42.4 Å². The lowest BCUT2D eigenvalue weighted by atomic mass is 9.96. The van der Waals surface area contributed by atoms with Crippen molar-refractivity contribution in [3.63, 3.8) is 0 Å². The second-order valence-corrected chi connectivity index (χ2v) is 9.22. The topological polar surface area (TPSA) is 97.1 Å². The third kappa shape index (κ3) is 5.34. The molecule has 0 atom stereocenters. The van der Waals surface area contributed by atoms with Crippen LogP contribution in [0.4, 0.5) is 0 Å². The molecule has 0 unspecified atom stereocenters. The Hall–Kier alpha value is -2.65. The van der Waals surface area contributed by atoms with Crippen LogP contribution < -0.4 is 0 Å². The van der Waals surface area contributed by atoms with Gasteiger partial charge in [0, 0.05) is 32.1 Å². The Morgan fingerprint density at radius 2 is 1.77 bits per heavy atom. The first-order chi connectivity index (χ1) is 14.9. The minimum atomic E-state index is -3.88. The summed E-state index contributed by atoms with van der Waals surface area (Å²) >= 11 is 0. The number of nitrogens with zero attached hydrogens (tertiary/aromatic N) is 2. The third-order valence-corrected chi connectivity index (χ3v) is 7.14. The van der Waals surface area contributed by atoms with Crippen molar-refractivity contribution in [2.24, 2.45) is 5.92 Å². The quantitative estimate of drug-likeness (QED) is 0.576. The second-order valence-electron chi connectivity index (χ2n) is 7.36. The van der Waals surface area contributed by atoms with E-state index in [2.05, 4.69) is 0 Å². The van der Waals surface area contributed by atoms with Crippen molar-refractivity contribution in [2.75, 3.05) is 26.2 Å². The van der Waals surface area contributed by atoms with Gasteiger partial charge in [-0.15, -0.1) is 0 Å². The normalized spacial score (nSPS) is 15.5. The minimum absolute atomic E-state index is 0.0472. The highest BCUT2D eigenvalue weighted by atomic mass is 32.2. The second kappa shape index (κ2) is 10.1. The largest absolute Gasteiger partial charge is 0.460 e. The molecule has 31 heavy (non-hydrogen) atoms. The zero-order valence-electron chi connectivity index (χ0n) is 17.8. The van der Waals surface area contributed by atoms with Crippen LogP contribution in [0, 0.1) is 5.92 Å². The standard InChI is InChI=1S/C22H28N2O6S/c1-3-23(16-17-8-6-5-7-9-17)21(25)18-12-14-24(15-13-18)31(27,28)20-11-10-19(30-20)22(26)29-4-2/h5-11,18H,3-4,12-16H2,1-2H3. The monoisotopic (exact) mass is 448 g/mol. The zero-order valence-corrected chi connectivity index (χ0v) is 18.6. The number of carbonyl (C=O) groups is 2. The molecule has 3 rings (SSSR count). The van der Waals surface area contributed by atoms with E-state index in [0.717, 1.165) is 5.56 Å². The average molecular weight is 449 g/mol. The Balaban J connectivity index is 1.61. The van der Waals surface area contributed by atoms with E-state index in [9.17, 15) is 18.0 Å². The van der Waals surface area contributed by atoms with Crippen molar-refractivity contribution in [1.82, 2.24) is 9.21 Å². The highest BCUT2D eigenvalue weighted by molar-refractivity contribution is 7.89. The van der Waals surface area contributed by atoms with Crippen LogP contribution in [0.2, 0.25) is 0 Å². The molecule has 1 aromatic carbocycles. The molecule has 0 saturated carbocycles. The minimum Gasteiger partial charge on any atom is -0.460 e. The van der Waals surface area contributed by atoms with Gasteiger partial charge in [0.1, 0.15) is 0 Å². The first kappa shape index (κ1) is 23.0. The number of benzene rings is 1. The van der Waals surface area contributed by atoms with Gasteiger partial charge in [0.25, 0.3) is 10.0 Å². The van der Waals surface area contributed by atoms with Crippen LogP contribution in [0.25, 0.3) is 0 Å². The summed E-state index contributed by atoms with van der Waals surface area (Å²) in [5.41, 5.74) is 1.06. The average Bonchev–Trinajstić information content (AvgIpc) is 3.29. The molecule has 9 heteroatoms. The number of carbonyl (C=O) groups excluding carboxylic acids is 2. The van der Waals surface area contributed by atoms with Crippen molar-refractivity contribution >= 4 is 21.9 Å². The van der Waals surface area contributed by atoms with Gasteiger partial charge in [-0.2, -0.15) is 4.31 Å². The van der Waals surface area contributed by atoms with E-state index in [4.69, 9.17) is 9.15 Å². The predicted molar refractivity (Wildman–Crippen MR) is 114 cm³/mol. The highest BCUT2D eigenvalue weighted by Gasteiger charge is 2.35. The molecule has 1 fully saturated rings. The summed E-state index contributed by atoms with van der Waals surface area (Å²) in [5.74, 6) is -1.02. The summed E-state index contributed by atoms with van der Waals surface area (Å²) in [7, 11) is -3.88. The third-order valence-electron chi connectivity index (χ3n) is 5.36. The fraction of sp³-hybridized carbons (Fsp3) is 0.455. The van der Waals surface area contributed by atoms with Crippen LogP contribution in [-0.4, -0.2) is 55.7 Å². The zero-order chi connectivity index (χ0) is 22.4. The van der Waals surface area contributed by atoms with E-state index in [0.29, 0.717) is 25.9 Å². The van der Waals surface area contributed by atoms with Gasteiger partial charge in [-0.25, -0.2) is 13.2 Å². The predicted octanol–water partition coefficient (Wildman–Crippen LogP) is 2.91. The van der Waals surface area contributed by atoms with Crippen LogP contribution in [0.15, 0.2) is 52.0 Å². The number of furan rings is 1. The van der Waals surface area contributed by atoms with Crippen molar-refractivity contribution < 1.29 is 27.2 Å². The molecule has 1 aliphatic heterocycles. The highest BCUT2D eigenvalue weighted by Crippen LogP contribution is 2.27. The lowest BCUT2D eigenvalue weighted by molar-refractivity contribution is -0.137. The van der Waals surface area contributed by atoms with E-state index < -0.39 is 16.0 Å². The molecule has 2 heterocycles. The van der Waals surface area contributed by atoms with Gasteiger partial charge in [0.15, 0.2) is 0 Å². The first-order valence-electron chi connectivity index (χ1n) is 10.5. The first-order valence-corrected chi connectivity index (χ1v) is 11.9. The molecule has 0 N–H and O–H groups in total. The van der Waals surface area contributed by atoms with Crippen molar-refractivity contribution in [3.05, 3.63) is 53.8 Å². The van der Waals surface area contributed by atoms with Gasteiger partial charge >= 0.3 is 5.97 Å². The number of rotatable bonds is 8. The maximum absolute atomic E-state index is 13.0. The number of piperidine rings is 1. The fourth-order valence-electron chi connectivity index (χ4n) is 3.65. The van der Waals surface area contributed by atoms with Crippen LogP contribution in [0.5, 0.6) is 0 Å². The van der Waals surface area contributed by atoms with E-state index in [1.165, 1.54) is 16.4 Å². The van der Waals surface area contributed by atoms with Crippen LogP contribution in [-0.2, 0) is 26.1 Å². The van der Waals surface area contributed by atoms with Crippen molar-refractivity contribution in [2.45, 2.75) is 38.3 Å². The summed E-state index contributed by atoms with van der Waals surface area (Å²) in [6.45, 7) is 5.34. The summed E-state index contributed by atoms with van der Waals surface area (Å²) in [6, 6.07) is 12.4. The molecule has 168 valence electrons. The molecule has 0 spiro atoms. The van der Waals surface area contributed by atoms with Gasteiger partial charge in [-0.3, -0.25) is 4.79 Å². The lowest BCUT2D eigenvalue weighted by Gasteiger charge is -2.33. The molecule has 1 aromatic heterocycles. The summed E-state index contributed by atoms with van der Waals surface area (Å²) in [5, 5.41) is -0.292. The SMILES string of the molecule is CCOC(=O)c1ccc(S(=O)(=O)N2CCC(C(=O)N(CC)Cc3ccccc3)CC2)o1. The summed E-state index contributed by atoms with van der Waals surface area (Å²) < 4.78 is 37.1. The number of sulfonamides is 1. The molecule has 0 aliphatic carbocycles. The van der Waals surface area contributed by atoms with Gasteiger partial charge in [0.2, 0.25) is 16.8 Å². The number of hydrogen-bond acceptors (Lipinski definition) is 6. The van der Waals surface area contributed by atoms with Crippen molar-refractivity contribution in [1.29, 1.82) is 0 Å². The number of esters is 1. The van der Waals surface area contributed by atoms with Gasteiger partial charge in [0.05, 0.1) is 6.61 Å². The molecule has 0 bridgehead atoms. The van der Waals surface area contributed by atoms with Crippen LogP contribution >= 0.6 is 0 Å². The van der Waals surface area contributed by atoms with E-state index in [1.54, 1.807) is 6.92 Å². The van der Waals surface area contributed by atoms with Gasteiger partial charge in [-0.1, -0.05) is 30.3 Å². The van der Waals surface area contributed by atoms with E-state index in [1.807, 2.05) is 42.2 Å². The number of ether oxygens (including phenoxy) is 1. The molecule has 2 aromatic rings. The Morgan fingerprint density at radius 3 is 2.39 bits per heavy atom. The molecular formula is C22H28N2O6S.